The third kappa shape index (κ3) is 3.55. The molecule has 0 aliphatic rings. The van der Waals surface area contributed by atoms with Crippen molar-refractivity contribution in [2.45, 2.75) is 26.9 Å². The average molecular weight is 322 g/mol. The van der Waals surface area contributed by atoms with E-state index in [1.54, 1.807) is 6.07 Å². The van der Waals surface area contributed by atoms with Crippen LogP contribution in [-0.4, -0.2) is 10.1 Å². The highest BCUT2D eigenvalue weighted by Crippen LogP contribution is 2.27. The van der Waals surface area contributed by atoms with Gasteiger partial charge in [-0.25, -0.2) is 4.98 Å². The maximum atomic E-state index is 9.26. The quantitative estimate of drug-likeness (QED) is 0.925. The zero-order valence-corrected chi connectivity index (χ0v) is 12.6. The summed E-state index contributed by atoms with van der Waals surface area (Å²) >= 11 is 3.43. The van der Waals surface area contributed by atoms with Crippen molar-refractivity contribution in [1.82, 2.24) is 4.98 Å². The van der Waals surface area contributed by atoms with E-state index in [-0.39, 0.29) is 6.61 Å². The van der Waals surface area contributed by atoms with Crippen LogP contribution < -0.4 is 4.74 Å². The molecule has 0 aliphatic heterocycles. The van der Waals surface area contributed by atoms with E-state index in [0.29, 0.717) is 5.88 Å². The lowest BCUT2D eigenvalue weighted by Gasteiger charge is -2.10. The van der Waals surface area contributed by atoms with Gasteiger partial charge in [0.1, 0.15) is 5.75 Å². The lowest BCUT2D eigenvalue weighted by atomic mass is 10.2. The van der Waals surface area contributed by atoms with Crippen molar-refractivity contribution in [1.29, 1.82) is 0 Å². The maximum absolute atomic E-state index is 9.26. The highest BCUT2D eigenvalue weighted by atomic mass is 79.9. The number of ether oxygens (including phenoxy) is 1. The molecule has 100 valence electrons. The number of hydrogen-bond donors (Lipinski definition) is 1. The van der Waals surface area contributed by atoms with Gasteiger partial charge in [-0.15, -0.1) is 0 Å². The van der Waals surface area contributed by atoms with Crippen LogP contribution in [0.3, 0.4) is 0 Å². The number of aryl methyl sites for hydroxylation is 2. The molecule has 2 aromatic rings. The summed E-state index contributed by atoms with van der Waals surface area (Å²) in [5.74, 6) is 1.28. The van der Waals surface area contributed by atoms with E-state index in [9.17, 15) is 5.11 Å². The van der Waals surface area contributed by atoms with Crippen molar-refractivity contribution >= 4 is 15.9 Å². The topological polar surface area (TPSA) is 42.4 Å². The first kappa shape index (κ1) is 14.0. The number of benzene rings is 1. The molecule has 1 heterocycles. The standard InChI is InChI=1S/C15H16BrNO2/c1-3-13-6-11(9-18)7-15(17-13)19-14-8-12(16)5-4-10(14)2/h4-8,18H,3,9H2,1-2H3. The predicted molar refractivity (Wildman–Crippen MR) is 78.5 cm³/mol. The Labute approximate surface area is 121 Å². The summed E-state index contributed by atoms with van der Waals surface area (Å²) in [6.45, 7) is 4.00. The molecule has 0 fully saturated rings. The summed E-state index contributed by atoms with van der Waals surface area (Å²) in [5.41, 5.74) is 2.76. The van der Waals surface area contributed by atoms with Gasteiger partial charge in [0.05, 0.1) is 6.61 Å². The number of nitrogens with zero attached hydrogens (tertiary/aromatic N) is 1. The molecule has 1 aromatic carbocycles. The highest BCUT2D eigenvalue weighted by molar-refractivity contribution is 9.10. The zero-order valence-electron chi connectivity index (χ0n) is 11.0. The highest BCUT2D eigenvalue weighted by Gasteiger charge is 2.06. The zero-order chi connectivity index (χ0) is 13.8. The molecule has 0 atom stereocenters. The molecule has 0 amide bonds. The van der Waals surface area contributed by atoms with E-state index in [2.05, 4.69) is 20.9 Å². The molecule has 0 spiro atoms. The van der Waals surface area contributed by atoms with Crippen LogP contribution in [0.2, 0.25) is 0 Å². The van der Waals surface area contributed by atoms with E-state index in [1.165, 1.54) is 0 Å². The number of aromatic nitrogens is 1. The Morgan fingerprint density at radius 2 is 2.05 bits per heavy atom. The Bertz CT molecular complexity index is 562. The van der Waals surface area contributed by atoms with Crippen molar-refractivity contribution in [2.24, 2.45) is 0 Å². The fraction of sp³-hybridized carbons (Fsp3) is 0.267. The third-order valence-corrected chi connectivity index (χ3v) is 3.32. The number of aliphatic hydroxyl groups is 1. The second-order valence-electron chi connectivity index (χ2n) is 4.33. The van der Waals surface area contributed by atoms with Crippen molar-refractivity contribution in [2.75, 3.05) is 0 Å². The molecule has 0 saturated carbocycles. The number of aliphatic hydroxyl groups excluding tert-OH is 1. The molecular formula is C15H16BrNO2. The van der Waals surface area contributed by atoms with Crippen LogP contribution >= 0.6 is 15.9 Å². The van der Waals surface area contributed by atoms with Crippen molar-refractivity contribution in [3.8, 4) is 11.6 Å². The minimum Gasteiger partial charge on any atom is -0.439 e. The Hall–Kier alpha value is -1.39. The molecule has 3 nitrogen and oxygen atoms in total. The Morgan fingerprint density at radius 3 is 2.74 bits per heavy atom. The summed E-state index contributed by atoms with van der Waals surface area (Å²) in [5, 5.41) is 9.26. The van der Waals surface area contributed by atoms with Crippen LogP contribution in [0, 0.1) is 6.92 Å². The second-order valence-corrected chi connectivity index (χ2v) is 5.24. The van der Waals surface area contributed by atoms with Gasteiger partial charge in [0.2, 0.25) is 5.88 Å². The summed E-state index contributed by atoms with van der Waals surface area (Å²) in [7, 11) is 0. The van der Waals surface area contributed by atoms with E-state index < -0.39 is 0 Å². The van der Waals surface area contributed by atoms with Crippen LogP contribution in [0.5, 0.6) is 11.6 Å². The Kier molecular flexibility index (Phi) is 4.56. The lowest BCUT2D eigenvalue weighted by molar-refractivity contribution is 0.281. The van der Waals surface area contributed by atoms with Gasteiger partial charge in [-0.05, 0) is 42.7 Å². The molecule has 19 heavy (non-hydrogen) atoms. The fourth-order valence-electron chi connectivity index (χ4n) is 1.74. The first-order chi connectivity index (χ1) is 9.12. The molecule has 0 aliphatic carbocycles. The summed E-state index contributed by atoms with van der Waals surface area (Å²) in [4.78, 5) is 4.42. The summed E-state index contributed by atoms with van der Waals surface area (Å²) in [6, 6.07) is 9.52. The molecule has 0 saturated heterocycles. The van der Waals surface area contributed by atoms with Crippen LogP contribution in [-0.2, 0) is 13.0 Å². The third-order valence-electron chi connectivity index (χ3n) is 2.82. The van der Waals surface area contributed by atoms with Gasteiger partial charge < -0.3 is 9.84 Å². The molecular weight excluding hydrogens is 306 g/mol. The van der Waals surface area contributed by atoms with Gasteiger partial charge in [-0.2, -0.15) is 0 Å². The predicted octanol–water partition coefficient (Wildman–Crippen LogP) is 4.00. The van der Waals surface area contributed by atoms with Crippen LogP contribution in [0.4, 0.5) is 0 Å². The molecule has 1 aromatic heterocycles. The number of hydrogen-bond acceptors (Lipinski definition) is 3. The van der Waals surface area contributed by atoms with Gasteiger partial charge in [-0.3, -0.25) is 0 Å². The number of rotatable bonds is 4. The van der Waals surface area contributed by atoms with Crippen LogP contribution in [0.15, 0.2) is 34.8 Å². The van der Waals surface area contributed by atoms with Gasteiger partial charge in [0.25, 0.3) is 0 Å². The Balaban J connectivity index is 2.34. The van der Waals surface area contributed by atoms with Crippen molar-refractivity contribution < 1.29 is 9.84 Å². The lowest BCUT2D eigenvalue weighted by Crippen LogP contribution is -1.97. The van der Waals surface area contributed by atoms with Crippen molar-refractivity contribution in [3.63, 3.8) is 0 Å². The number of pyridine rings is 1. The summed E-state index contributed by atoms with van der Waals surface area (Å²) < 4.78 is 6.78. The van der Waals surface area contributed by atoms with Gasteiger partial charge in [-0.1, -0.05) is 28.9 Å². The minimum atomic E-state index is -0.0106. The molecule has 0 radical (unpaired) electrons. The van der Waals surface area contributed by atoms with Gasteiger partial charge >= 0.3 is 0 Å². The monoisotopic (exact) mass is 321 g/mol. The maximum Gasteiger partial charge on any atom is 0.219 e. The minimum absolute atomic E-state index is 0.0106. The smallest absolute Gasteiger partial charge is 0.219 e. The molecule has 0 unspecified atom stereocenters. The Morgan fingerprint density at radius 1 is 1.26 bits per heavy atom. The fourth-order valence-corrected chi connectivity index (χ4v) is 2.08. The van der Waals surface area contributed by atoms with E-state index in [4.69, 9.17) is 4.74 Å². The van der Waals surface area contributed by atoms with Crippen LogP contribution in [0.1, 0.15) is 23.7 Å². The normalized spacial score (nSPS) is 10.5. The first-order valence-electron chi connectivity index (χ1n) is 6.17. The van der Waals surface area contributed by atoms with E-state index in [1.807, 2.05) is 38.1 Å². The van der Waals surface area contributed by atoms with Gasteiger partial charge in [0.15, 0.2) is 0 Å². The molecule has 2 rings (SSSR count). The second kappa shape index (κ2) is 6.17. The number of halogens is 1. The molecule has 0 bridgehead atoms. The SMILES string of the molecule is CCc1cc(CO)cc(Oc2cc(Br)ccc2C)n1. The summed E-state index contributed by atoms with van der Waals surface area (Å²) in [6.07, 6.45) is 0.807. The average Bonchev–Trinajstić information content (AvgIpc) is 2.42. The molecule has 4 heteroatoms. The first-order valence-corrected chi connectivity index (χ1v) is 6.96. The van der Waals surface area contributed by atoms with E-state index in [0.717, 1.165) is 33.5 Å². The van der Waals surface area contributed by atoms with Gasteiger partial charge in [0, 0.05) is 16.2 Å². The van der Waals surface area contributed by atoms with Crippen molar-refractivity contribution in [3.05, 3.63) is 51.6 Å². The molecule has 1 N–H and O–H groups in total. The largest absolute Gasteiger partial charge is 0.439 e. The van der Waals surface area contributed by atoms with E-state index >= 15 is 0 Å². The van der Waals surface area contributed by atoms with Crippen LogP contribution in [0.25, 0.3) is 0 Å².